The van der Waals surface area contributed by atoms with Crippen LogP contribution in [0.3, 0.4) is 0 Å². The molecule has 1 amide bonds. The third kappa shape index (κ3) is 4.19. The van der Waals surface area contributed by atoms with Gasteiger partial charge < -0.3 is 4.90 Å². The molecule has 0 radical (unpaired) electrons. The van der Waals surface area contributed by atoms with Gasteiger partial charge in [0.05, 0.1) is 12.5 Å². The predicted molar refractivity (Wildman–Crippen MR) is 78.1 cm³/mol. The van der Waals surface area contributed by atoms with Gasteiger partial charge in [-0.3, -0.25) is 14.6 Å². The Morgan fingerprint density at radius 3 is 3.00 bits per heavy atom. The number of carbonyl (C=O) groups excluding carboxylic acids is 1. The molecule has 0 saturated carbocycles. The number of nitriles is 1. The number of piperidine rings is 1. The Kier molecular flexibility index (Phi) is 5.81. The summed E-state index contributed by atoms with van der Waals surface area (Å²) in [5.74, 6) is 0.159. The van der Waals surface area contributed by atoms with E-state index in [1.165, 1.54) is 25.8 Å². The average molecular weight is 278 g/mol. The summed E-state index contributed by atoms with van der Waals surface area (Å²) in [7, 11) is 1.79. The lowest BCUT2D eigenvalue weighted by Crippen LogP contribution is -2.55. The number of hydrogen-bond acceptors (Lipinski definition) is 4. The van der Waals surface area contributed by atoms with E-state index in [0.717, 1.165) is 26.2 Å². The highest BCUT2D eigenvalue weighted by Gasteiger charge is 2.28. The van der Waals surface area contributed by atoms with Gasteiger partial charge in [0.25, 0.3) is 0 Å². The molecule has 5 heteroatoms. The second-order valence-electron chi connectivity index (χ2n) is 5.96. The Morgan fingerprint density at radius 1 is 1.35 bits per heavy atom. The summed E-state index contributed by atoms with van der Waals surface area (Å²) < 4.78 is 0. The van der Waals surface area contributed by atoms with Gasteiger partial charge in [0.2, 0.25) is 5.91 Å². The number of carbonyl (C=O) groups is 1. The zero-order valence-corrected chi connectivity index (χ0v) is 12.6. The van der Waals surface area contributed by atoms with Crippen LogP contribution in [0.2, 0.25) is 0 Å². The number of rotatable bonds is 5. The van der Waals surface area contributed by atoms with E-state index in [0.29, 0.717) is 25.4 Å². The first-order valence-electron chi connectivity index (χ1n) is 7.78. The fraction of sp³-hybridized carbons (Fsp3) is 0.867. The number of nitrogens with zero attached hydrogens (tertiary/aromatic N) is 4. The number of piperazine rings is 1. The summed E-state index contributed by atoms with van der Waals surface area (Å²) >= 11 is 0. The molecule has 5 nitrogen and oxygen atoms in total. The van der Waals surface area contributed by atoms with Crippen molar-refractivity contribution in [3.05, 3.63) is 0 Å². The first-order valence-corrected chi connectivity index (χ1v) is 7.78. The van der Waals surface area contributed by atoms with Crippen LogP contribution in [0, 0.1) is 11.3 Å². The molecule has 0 N–H and O–H groups in total. The van der Waals surface area contributed by atoms with Crippen molar-refractivity contribution in [2.24, 2.45) is 0 Å². The summed E-state index contributed by atoms with van der Waals surface area (Å²) in [6.45, 7) is 6.03. The molecule has 2 aliphatic heterocycles. The topological polar surface area (TPSA) is 50.6 Å². The van der Waals surface area contributed by atoms with Gasteiger partial charge in [-0.05, 0) is 19.4 Å². The zero-order chi connectivity index (χ0) is 14.4. The van der Waals surface area contributed by atoms with Gasteiger partial charge in [-0.2, -0.15) is 5.26 Å². The van der Waals surface area contributed by atoms with E-state index < -0.39 is 0 Å². The highest BCUT2D eigenvalue weighted by atomic mass is 16.2. The van der Waals surface area contributed by atoms with Crippen LogP contribution in [0.15, 0.2) is 0 Å². The van der Waals surface area contributed by atoms with Crippen molar-refractivity contribution in [1.29, 1.82) is 5.26 Å². The van der Waals surface area contributed by atoms with Crippen LogP contribution < -0.4 is 0 Å². The molecule has 2 fully saturated rings. The molecule has 0 aromatic rings. The van der Waals surface area contributed by atoms with Crippen LogP contribution in [-0.2, 0) is 4.79 Å². The summed E-state index contributed by atoms with van der Waals surface area (Å²) in [5, 5.41) is 8.54. The largest absolute Gasteiger partial charge is 0.345 e. The van der Waals surface area contributed by atoms with Crippen LogP contribution in [0.5, 0.6) is 0 Å². The fourth-order valence-corrected chi connectivity index (χ4v) is 3.21. The van der Waals surface area contributed by atoms with Crippen molar-refractivity contribution in [3.8, 4) is 6.07 Å². The fourth-order valence-electron chi connectivity index (χ4n) is 3.21. The van der Waals surface area contributed by atoms with Crippen molar-refractivity contribution in [2.45, 2.75) is 38.1 Å². The molecule has 2 aliphatic rings. The number of hydrogen-bond donors (Lipinski definition) is 0. The van der Waals surface area contributed by atoms with E-state index in [2.05, 4.69) is 15.9 Å². The molecule has 112 valence electrons. The van der Waals surface area contributed by atoms with Gasteiger partial charge >= 0.3 is 0 Å². The Bertz CT molecular complexity index is 365. The molecule has 1 atom stereocenters. The molecule has 2 saturated heterocycles. The van der Waals surface area contributed by atoms with Crippen LogP contribution in [0.4, 0.5) is 0 Å². The van der Waals surface area contributed by atoms with Crippen LogP contribution in [0.1, 0.15) is 32.1 Å². The van der Waals surface area contributed by atoms with Gasteiger partial charge in [-0.1, -0.05) is 6.42 Å². The van der Waals surface area contributed by atoms with Gasteiger partial charge in [0.1, 0.15) is 0 Å². The number of fused-ring (bicyclic) bond motifs is 1. The lowest BCUT2D eigenvalue weighted by Gasteiger charge is -2.44. The first kappa shape index (κ1) is 15.3. The molecule has 0 spiro atoms. The molecule has 2 heterocycles. The minimum absolute atomic E-state index is 0.159. The Balaban J connectivity index is 1.69. The quantitative estimate of drug-likeness (QED) is 0.750. The maximum absolute atomic E-state index is 12.0. The molecule has 0 aromatic carbocycles. The average Bonchev–Trinajstić information content (AvgIpc) is 2.50. The van der Waals surface area contributed by atoms with Crippen LogP contribution in [-0.4, -0.2) is 73.0 Å². The van der Waals surface area contributed by atoms with Crippen molar-refractivity contribution >= 4 is 5.91 Å². The van der Waals surface area contributed by atoms with Gasteiger partial charge in [-0.25, -0.2) is 0 Å². The molecular formula is C15H26N4O. The van der Waals surface area contributed by atoms with Crippen molar-refractivity contribution in [3.63, 3.8) is 0 Å². The van der Waals surface area contributed by atoms with Crippen LogP contribution >= 0.6 is 0 Å². The molecule has 0 aromatic heterocycles. The lowest BCUT2D eigenvalue weighted by atomic mass is 9.99. The molecule has 2 rings (SSSR count). The van der Waals surface area contributed by atoms with Crippen LogP contribution in [0.25, 0.3) is 0 Å². The van der Waals surface area contributed by atoms with Gasteiger partial charge in [0, 0.05) is 52.2 Å². The summed E-state index contributed by atoms with van der Waals surface area (Å²) in [5.41, 5.74) is 0. The number of amides is 1. The Labute approximate surface area is 122 Å². The summed E-state index contributed by atoms with van der Waals surface area (Å²) in [6.07, 6.45) is 5.01. The second kappa shape index (κ2) is 7.61. The minimum Gasteiger partial charge on any atom is -0.345 e. The summed E-state index contributed by atoms with van der Waals surface area (Å²) in [6, 6.07) is 2.79. The zero-order valence-electron chi connectivity index (χ0n) is 12.6. The SMILES string of the molecule is CN(CCC#N)C(=O)CCN1CCN2CCCCC2C1. The van der Waals surface area contributed by atoms with E-state index in [9.17, 15) is 4.79 Å². The maximum Gasteiger partial charge on any atom is 0.223 e. The van der Waals surface area contributed by atoms with E-state index in [-0.39, 0.29) is 5.91 Å². The standard InChI is InChI=1S/C15H26N4O/c1-17(8-4-7-16)15(20)6-10-18-11-12-19-9-3-2-5-14(19)13-18/h14H,2-6,8-13H2,1H3. The highest BCUT2D eigenvalue weighted by molar-refractivity contribution is 5.76. The lowest BCUT2D eigenvalue weighted by molar-refractivity contribution is -0.130. The summed E-state index contributed by atoms with van der Waals surface area (Å²) in [4.78, 5) is 18.7. The minimum atomic E-state index is 0.159. The molecule has 1 unspecified atom stereocenters. The van der Waals surface area contributed by atoms with E-state index >= 15 is 0 Å². The van der Waals surface area contributed by atoms with E-state index in [1.54, 1.807) is 11.9 Å². The monoisotopic (exact) mass is 278 g/mol. The molecule has 0 aliphatic carbocycles. The molecule has 0 bridgehead atoms. The van der Waals surface area contributed by atoms with E-state index in [1.807, 2.05) is 0 Å². The third-order valence-corrected chi connectivity index (χ3v) is 4.55. The van der Waals surface area contributed by atoms with Crippen molar-refractivity contribution in [2.75, 3.05) is 46.3 Å². The van der Waals surface area contributed by atoms with E-state index in [4.69, 9.17) is 5.26 Å². The highest BCUT2D eigenvalue weighted by Crippen LogP contribution is 2.21. The van der Waals surface area contributed by atoms with Gasteiger partial charge in [0.15, 0.2) is 0 Å². The normalized spacial score (nSPS) is 23.9. The Hall–Kier alpha value is -1.12. The smallest absolute Gasteiger partial charge is 0.223 e. The second-order valence-corrected chi connectivity index (χ2v) is 5.96. The molecular weight excluding hydrogens is 252 g/mol. The third-order valence-electron chi connectivity index (χ3n) is 4.55. The first-order chi connectivity index (χ1) is 9.70. The predicted octanol–water partition coefficient (Wildman–Crippen LogP) is 0.919. The maximum atomic E-state index is 12.0. The van der Waals surface area contributed by atoms with Gasteiger partial charge in [-0.15, -0.1) is 0 Å². The molecule has 20 heavy (non-hydrogen) atoms. The Morgan fingerprint density at radius 2 is 2.20 bits per heavy atom. The van der Waals surface area contributed by atoms with Crippen molar-refractivity contribution < 1.29 is 4.79 Å². The van der Waals surface area contributed by atoms with Crippen molar-refractivity contribution in [1.82, 2.24) is 14.7 Å².